The molecule has 0 spiro atoms. The second-order valence-electron chi connectivity index (χ2n) is 7.43. The predicted octanol–water partition coefficient (Wildman–Crippen LogP) is 2.05. The Balaban J connectivity index is 1.58. The summed E-state index contributed by atoms with van der Waals surface area (Å²) in [6.07, 6.45) is 3.95. The number of likely N-dealkylation sites (N-methyl/N-ethyl adjacent to an activating group) is 1. The maximum Gasteiger partial charge on any atom is 0.306 e. The van der Waals surface area contributed by atoms with Gasteiger partial charge in [-0.1, -0.05) is 25.1 Å². The smallest absolute Gasteiger partial charge is 0.306 e. The molecule has 7 nitrogen and oxygen atoms in total. The van der Waals surface area contributed by atoms with E-state index in [1.54, 1.807) is 11.9 Å². The summed E-state index contributed by atoms with van der Waals surface area (Å²) in [7, 11) is 1.64. The maximum atomic E-state index is 12.6. The molecule has 1 aromatic carbocycles. The third-order valence-electron chi connectivity index (χ3n) is 5.61. The molecule has 0 bridgehead atoms. The second-order valence-corrected chi connectivity index (χ2v) is 7.43. The van der Waals surface area contributed by atoms with Gasteiger partial charge in [0.25, 0.3) is 0 Å². The van der Waals surface area contributed by atoms with Crippen LogP contribution >= 0.6 is 0 Å². The Morgan fingerprint density at radius 3 is 2.57 bits per heavy atom. The van der Waals surface area contributed by atoms with E-state index in [1.807, 2.05) is 18.3 Å². The van der Waals surface area contributed by atoms with Crippen LogP contribution in [0.4, 0.5) is 0 Å². The molecule has 2 N–H and O–H groups in total. The number of nitrogens with zero attached hydrogens (tertiary/aromatic N) is 2. The fourth-order valence-corrected chi connectivity index (χ4v) is 3.78. The number of rotatable bonds is 6. The monoisotopic (exact) mass is 385 g/mol. The minimum absolute atomic E-state index is 0.0130. The van der Waals surface area contributed by atoms with Crippen LogP contribution in [0.3, 0.4) is 0 Å². The molecule has 7 heteroatoms. The third-order valence-corrected chi connectivity index (χ3v) is 5.61. The minimum atomic E-state index is -0.802. The number of hydrogen-bond donors (Lipinski definition) is 2. The van der Waals surface area contributed by atoms with Gasteiger partial charge in [0.15, 0.2) is 0 Å². The Morgan fingerprint density at radius 1 is 1.21 bits per heavy atom. The number of piperidine rings is 1. The number of aryl methyl sites for hydroxylation is 1. The zero-order chi connectivity index (χ0) is 20.3. The number of fused-ring (bicyclic) bond motifs is 1. The van der Waals surface area contributed by atoms with E-state index in [2.05, 4.69) is 18.0 Å². The van der Waals surface area contributed by atoms with Gasteiger partial charge in [-0.2, -0.15) is 0 Å². The average Bonchev–Trinajstić information content (AvgIpc) is 3.10. The molecule has 1 saturated heterocycles. The number of H-pyrrole nitrogens is 1. The Bertz CT molecular complexity index is 881. The van der Waals surface area contributed by atoms with Gasteiger partial charge in [0.2, 0.25) is 11.8 Å². The summed E-state index contributed by atoms with van der Waals surface area (Å²) in [5.41, 5.74) is 3.20. The van der Waals surface area contributed by atoms with Gasteiger partial charge in [0, 0.05) is 37.2 Å². The molecule has 0 aliphatic carbocycles. The normalized spacial score (nSPS) is 15.0. The molecule has 3 rings (SSSR count). The SMILES string of the molecule is CCc1cccc2c(CC(=O)N(C)CC(=O)N3CCC(C(=O)O)CC3)c[nH]c12. The highest BCUT2D eigenvalue weighted by molar-refractivity contribution is 5.92. The van der Waals surface area contributed by atoms with Crippen LogP contribution in [-0.2, 0) is 27.2 Å². The topological polar surface area (TPSA) is 93.7 Å². The molecule has 2 aromatic rings. The van der Waals surface area contributed by atoms with Crippen LogP contribution in [0.15, 0.2) is 24.4 Å². The molecule has 0 saturated carbocycles. The van der Waals surface area contributed by atoms with Crippen molar-refractivity contribution < 1.29 is 19.5 Å². The third kappa shape index (κ3) is 4.18. The summed E-state index contributed by atoms with van der Waals surface area (Å²) in [5.74, 6) is -1.42. The second kappa shape index (κ2) is 8.46. The lowest BCUT2D eigenvalue weighted by molar-refractivity contribution is -0.146. The van der Waals surface area contributed by atoms with Crippen molar-refractivity contribution in [3.05, 3.63) is 35.5 Å². The summed E-state index contributed by atoms with van der Waals surface area (Å²) < 4.78 is 0. The molecule has 1 aliphatic rings. The van der Waals surface area contributed by atoms with E-state index in [4.69, 9.17) is 5.11 Å². The van der Waals surface area contributed by atoms with Crippen molar-refractivity contribution in [2.45, 2.75) is 32.6 Å². The first-order valence-corrected chi connectivity index (χ1v) is 9.73. The van der Waals surface area contributed by atoms with Crippen molar-refractivity contribution in [3.8, 4) is 0 Å². The van der Waals surface area contributed by atoms with E-state index >= 15 is 0 Å². The fourth-order valence-electron chi connectivity index (χ4n) is 3.78. The lowest BCUT2D eigenvalue weighted by Gasteiger charge is -2.31. The van der Waals surface area contributed by atoms with Crippen molar-refractivity contribution in [1.82, 2.24) is 14.8 Å². The fraction of sp³-hybridized carbons (Fsp3) is 0.476. The summed E-state index contributed by atoms with van der Waals surface area (Å²) in [6.45, 7) is 2.97. The van der Waals surface area contributed by atoms with E-state index in [0.29, 0.717) is 25.9 Å². The van der Waals surface area contributed by atoms with Crippen LogP contribution in [0.25, 0.3) is 10.9 Å². The van der Waals surface area contributed by atoms with Crippen molar-refractivity contribution in [3.63, 3.8) is 0 Å². The van der Waals surface area contributed by atoms with Gasteiger partial charge in [0.05, 0.1) is 18.9 Å². The number of carboxylic acid groups (broad SMARTS) is 1. The number of carbonyl (C=O) groups is 3. The van der Waals surface area contributed by atoms with Crippen LogP contribution in [0.5, 0.6) is 0 Å². The van der Waals surface area contributed by atoms with Gasteiger partial charge in [0.1, 0.15) is 0 Å². The average molecular weight is 385 g/mol. The largest absolute Gasteiger partial charge is 0.481 e. The molecule has 1 fully saturated rings. The van der Waals surface area contributed by atoms with Crippen LogP contribution < -0.4 is 0 Å². The summed E-state index contributed by atoms with van der Waals surface area (Å²) >= 11 is 0. The number of carboxylic acids is 1. The van der Waals surface area contributed by atoms with E-state index in [-0.39, 0.29) is 30.7 Å². The molecular weight excluding hydrogens is 358 g/mol. The molecule has 2 amide bonds. The van der Waals surface area contributed by atoms with Gasteiger partial charge in [-0.05, 0) is 30.4 Å². The molecule has 0 atom stereocenters. The van der Waals surface area contributed by atoms with Crippen LogP contribution in [0, 0.1) is 5.92 Å². The Labute approximate surface area is 164 Å². The highest BCUT2D eigenvalue weighted by Gasteiger charge is 2.28. The van der Waals surface area contributed by atoms with Gasteiger partial charge in [-0.3, -0.25) is 14.4 Å². The van der Waals surface area contributed by atoms with Crippen LogP contribution in [-0.4, -0.2) is 64.4 Å². The first-order valence-electron chi connectivity index (χ1n) is 9.73. The Hall–Kier alpha value is -2.83. The van der Waals surface area contributed by atoms with Gasteiger partial charge in [-0.15, -0.1) is 0 Å². The van der Waals surface area contributed by atoms with E-state index in [1.165, 1.54) is 10.5 Å². The van der Waals surface area contributed by atoms with Gasteiger partial charge >= 0.3 is 5.97 Å². The lowest BCUT2D eigenvalue weighted by Crippen LogP contribution is -2.45. The standard InChI is InChI=1S/C21H27N3O4/c1-3-14-5-4-6-17-16(12-22-20(14)17)11-18(25)23(2)13-19(26)24-9-7-15(8-10-24)21(27)28/h4-6,12,15,22H,3,7-11,13H2,1-2H3,(H,27,28). The zero-order valence-electron chi connectivity index (χ0n) is 16.4. The van der Waals surface area contributed by atoms with Gasteiger partial charge < -0.3 is 19.9 Å². The van der Waals surface area contributed by atoms with Crippen molar-refractivity contribution in [1.29, 1.82) is 0 Å². The molecular formula is C21H27N3O4. The minimum Gasteiger partial charge on any atom is -0.481 e. The van der Waals surface area contributed by atoms with Gasteiger partial charge in [-0.25, -0.2) is 0 Å². The molecule has 2 heterocycles. The maximum absolute atomic E-state index is 12.6. The number of para-hydroxylation sites is 1. The number of benzene rings is 1. The van der Waals surface area contributed by atoms with Crippen molar-refractivity contribution in [2.24, 2.45) is 5.92 Å². The van der Waals surface area contributed by atoms with Crippen molar-refractivity contribution >= 4 is 28.7 Å². The van der Waals surface area contributed by atoms with E-state index in [9.17, 15) is 14.4 Å². The molecule has 1 aromatic heterocycles. The molecule has 0 unspecified atom stereocenters. The molecule has 150 valence electrons. The van der Waals surface area contributed by atoms with Crippen LogP contribution in [0.2, 0.25) is 0 Å². The summed E-state index contributed by atoms with van der Waals surface area (Å²) in [4.78, 5) is 42.5. The van der Waals surface area contributed by atoms with Crippen molar-refractivity contribution in [2.75, 3.05) is 26.7 Å². The van der Waals surface area contributed by atoms with E-state index < -0.39 is 5.97 Å². The lowest BCUT2D eigenvalue weighted by atomic mass is 9.97. The predicted molar refractivity (Wildman–Crippen MR) is 106 cm³/mol. The Morgan fingerprint density at radius 2 is 1.93 bits per heavy atom. The number of aliphatic carboxylic acids is 1. The number of hydrogen-bond acceptors (Lipinski definition) is 3. The number of nitrogens with one attached hydrogen (secondary N) is 1. The number of likely N-dealkylation sites (tertiary alicyclic amines) is 1. The number of aromatic amines is 1. The summed E-state index contributed by atoms with van der Waals surface area (Å²) in [6, 6.07) is 6.07. The Kier molecular flexibility index (Phi) is 6.02. The highest BCUT2D eigenvalue weighted by atomic mass is 16.4. The number of carbonyl (C=O) groups excluding carboxylic acids is 2. The first kappa shape index (κ1) is 19.9. The summed E-state index contributed by atoms with van der Waals surface area (Å²) in [5, 5.41) is 10.1. The first-order chi connectivity index (χ1) is 13.4. The number of aromatic nitrogens is 1. The quantitative estimate of drug-likeness (QED) is 0.796. The van der Waals surface area contributed by atoms with E-state index in [0.717, 1.165) is 22.9 Å². The number of amides is 2. The molecule has 1 aliphatic heterocycles. The molecule has 28 heavy (non-hydrogen) atoms. The highest BCUT2D eigenvalue weighted by Crippen LogP contribution is 2.23. The van der Waals surface area contributed by atoms with Crippen LogP contribution in [0.1, 0.15) is 30.9 Å². The molecule has 0 radical (unpaired) electrons. The zero-order valence-corrected chi connectivity index (χ0v) is 16.4.